The van der Waals surface area contributed by atoms with Gasteiger partial charge in [-0.05, 0) is 11.6 Å². The summed E-state index contributed by atoms with van der Waals surface area (Å²) < 4.78 is 19.0. The second-order valence-corrected chi connectivity index (χ2v) is 7.69. The number of amides is 2. The Balaban J connectivity index is 1.29. The minimum absolute atomic E-state index is 0.0769. The summed E-state index contributed by atoms with van der Waals surface area (Å²) in [5, 5.41) is 9.23. The van der Waals surface area contributed by atoms with Crippen molar-refractivity contribution in [3.8, 4) is 11.3 Å². The molecule has 9 heteroatoms. The fourth-order valence-corrected chi connectivity index (χ4v) is 3.66. The molecule has 0 spiro atoms. The highest BCUT2D eigenvalue weighted by molar-refractivity contribution is 7.15. The Morgan fingerprint density at radius 3 is 2.65 bits per heavy atom. The highest BCUT2D eigenvalue weighted by Gasteiger charge is 2.15. The van der Waals surface area contributed by atoms with E-state index in [4.69, 9.17) is 4.52 Å². The maximum atomic E-state index is 13.8. The SMILES string of the molecule is O=C(CNC(=O)c1cc(-c2ccccc2)on1)Nc1ncc(Cc2ccccc2F)s1. The van der Waals surface area contributed by atoms with Gasteiger partial charge in [0.15, 0.2) is 16.6 Å². The Labute approximate surface area is 180 Å². The third-order valence-electron chi connectivity index (χ3n) is 4.33. The highest BCUT2D eigenvalue weighted by Crippen LogP contribution is 2.22. The van der Waals surface area contributed by atoms with Crippen molar-refractivity contribution in [2.24, 2.45) is 0 Å². The number of hydrogen-bond donors (Lipinski definition) is 2. The fourth-order valence-electron chi connectivity index (χ4n) is 2.81. The van der Waals surface area contributed by atoms with Crippen LogP contribution in [0.2, 0.25) is 0 Å². The van der Waals surface area contributed by atoms with Crippen LogP contribution in [-0.2, 0) is 11.2 Å². The Bertz CT molecular complexity index is 1210. The molecule has 2 aromatic heterocycles. The second kappa shape index (κ2) is 9.31. The number of rotatable bonds is 7. The van der Waals surface area contributed by atoms with Crippen molar-refractivity contribution in [1.82, 2.24) is 15.5 Å². The van der Waals surface area contributed by atoms with Crippen molar-refractivity contribution in [2.45, 2.75) is 6.42 Å². The summed E-state index contributed by atoms with van der Waals surface area (Å²) in [4.78, 5) is 29.3. The second-order valence-electron chi connectivity index (χ2n) is 6.57. The molecule has 0 bridgehead atoms. The van der Waals surface area contributed by atoms with Gasteiger partial charge >= 0.3 is 0 Å². The molecule has 2 heterocycles. The maximum absolute atomic E-state index is 13.8. The number of carbonyl (C=O) groups excluding carboxylic acids is 2. The Morgan fingerprint density at radius 1 is 1.06 bits per heavy atom. The van der Waals surface area contributed by atoms with Gasteiger partial charge in [0.25, 0.3) is 5.91 Å². The normalized spacial score (nSPS) is 10.6. The first-order valence-electron chi connectivity index (χ1n) is 9.37. The average molecular weight is 436 g/mol. The van der Waals surface area contributed by atoms with Gasteiger partial charge in [-0.15, -0.1) is 11.3 Å². The van der Waals surface area contributed by atoms with Crippen LogP contribution in [0.1, 0.15) is 20.9 Å². The predicted molar refractivity (Wildman–Crippen MR) is 114 cm³/mol. The molecule has 2 N–H and O–H groups in total. The summed E-state index contributed by atoms with van der Waals surface area (Å²) in [6.07, 6.45) is 1.97. The van der Waals surface area contributed by atoms with Crippen molar-refractivity contribution in [3.05, 3.63) is 88.8 Å². The molecule has 0 unspecified atom stereocenters. The number of halogens is 1. The highest BCUT2D eigenvalue weighted by atomic mass is 32.1. The molecule has 0 radical (unpaired) electrons. The van der Waals surface area contributed by atoms with E-state index in [1.165, 1.54) is 23.5 Å². The van der Waals surface area contributed by atoms with Crippen LogP contribution in [0.4, 0.5) is 9.52 Å². The molecular weight excluding hydrogens is 419 g/mol. The fraction of sp³-hybridized carbons (Fsp3) is 0.0909. The molecule has 0 fully saturated rings. The summed E-state index contributed by atoms with van der Waals surface area (Å²) in [5.74, 6) is -0.791. The number of thiazole rings is 1. The van der Waals surface area contributed by atoms with Gasteiger partial charge in [-0.25, -0.2) is 9.37 Å². The van der Waals surface area contributed by atoms with Gasteiger partial charge in [0.1, 0.15) is 5.82 Å². The minimum Gasteiger partial charge on any atom is -0.355 e. The number of carbonyl (C=O) groups is 2. The van der Waals surface area contributed by atoms with Crippen LogP contribution in [0.3, 0.4) is 0 Å². The van der Waals surface area contributed by atoms with Crippen molar-refractivity contribution in [1.29, 1.82) is 0 Å². The Hall–Kier alpha value is -3.85. The lowest BCUT2D eigenvalue weighted by Crippen LogP contribution is -2.32. The van der Waals surface area contributed by atoms with E-state index in [-0.39, 0.29) is 18.1 Å². The van der Waals surface area contributed by atoms with Crippen LogP contribution >= 0.6 is 11.3 Å². The van der Waals surface area contributed by atoms with Crippen molar-refractivity contribution >= 4 is 28.3 Å². The van der Waals surface area contributed by atoms with Crippen LogP contribution in [0, 0.1) is 5.82 Å². The molecule has 0 saturated carbocycles. The third kappa shape index (κ3) is 5.20. The van der Waals surface area contributed by atoms with E-state index in [9.17, 15) is 14.0 Å². The summed E-state index contributed by atoms with van der Waals surface area (Å²) >= 11 is 1.25. The Kier molecular flexibility index (Phi) is 6.13. The summed E-state index contributed by atoms with van der Waals surface area (Å²) in [6, 6.07) is 17.3. The number of benzene rings is 2. The molecule has 2 amide bonds. The molecule has 0 atom stereocenters. The van der Waals surface area contributed by atoms with E-state index in [1.807, 2.05) is 30.3 Å². The van der Waals surface area contributed by atoms with E-state index in [0.717, 1.165) is 10.4 Å². The largest absolute Gasteiger partial charge is 0.355 e. The first kappa shape index (κ1) is 20.4. The molecule has 2 aromatic carbocycles. The quantitative estimate of drug-likeness (QED) is 0.458. The van der Waals surface area contributed by atoms with E-state index in [1.54, 1.807) is 24.4 Å². The number of anilines is 1. The number of nitrogens with one attached hydrogen (secondary N) is 2. The molecule has 31 heavy (non-hydrogen) atoms. The average Bonchev–Trinajstić information content (AvgIpc) is 3.44. The van der Waals surface area contributed by atoms with Crippen LogP contribution < -0.4 is 10.6 Å². The van der Waals surface area contributed by atoms with Gasteiger partial charge in [0, 0.05) is 29.1 Å². The minimum atomic E-state index is -0.527. The molecule has 7 nitrogen and oxygen atoms in total. The first-order valence-corrected chi connectivity index (χ1v) is 10.2. The van der Waals surface area contributed by atoms with Gasteiger partial charge in [0.2, 0.25) is 5.91 Å². The van der Waals surface area contributed by atoms with E-state index in [2.05, 4.69) is 20.8 Å². The van der Waals surface area contributed by atoms with Gasteiger partial charge in [-0.2, -0.15) is 0 Å². The van der Waals surface area contributed by atoms with Gasteiger partial charge < -0.3 is 15.2 Å². The van der Waals surface area contributed by atoms with Crippen LogP contribution in [0.5, 0.6) is 0 Å². The van der Waals surface area contributed by atoms with Gasteiger partial charge in [-0.1, -0.05) is 53.7 Å². The van der Waals surface area contributed by atoms with Crippen LogP contribution in [0.25, 0.3) is 11.3 Å². The van der Waals surface area contributed by atoms with Gasteiger partial charge in [0.05, 0.1) is 6.54 Å². The Morgan fingerprint density at radius 2 is 1.84 bits per heavy atom. The monoisotopic (exact) mass is 436 g/mol. The zero-order valence-electron chi connectivity index (χ0n) is 16.2. The first-order chi connectivity index (χ1) is 15.1. The standard InChI is InChI=1S/C22H17FN4O3S/c23-17-9-5-4-8-15(17)10-16-12-25-22(31-16)26-20(28)13-24-21(29)18-11-19(30-27-18)14-6-2-1-3-7-14/h1-9,11-12H,10,13H2,(H,24,29)(H,25,26,28). The lowest BCUT2D eigenvalue weighted by molar-refractivity contribution is -0.115. The number of nitrogens with zero attached hydrogens (tertiary/aromatic N) is 2. The van der Waals surface area contributed by atoms with Crippen molar-refractivity contribution < 1.29 is 18.5 Å². The molecule has 0 aliphatic heterocycles. The third-order valence-corrected chi connectivity index (χ3v) is 5.25. The smallest absolute Gasteiger partial charge is 0.273 e. The topological polar surface area (TPSA) is 97.1 Å². The van der Waals surface area contributed by atoms with E-state index < -0.39 is 11.8 Å². The molecule has 4 rings (SSSR count). The van der Waals surface area contributed by atoms with Gasteiger partial charge in [-0.3, -0.25) is 9.59 Å². The van der Waals surface area contributed by atoms with Crippen LogP contribution in [-0.4, -0.2) is 28.5 Å². The molecule has 0 saturated heterocycles. The van der Waals surface area contributed by atoms with Crippen molar-refractivity contribution in [3.63, 3.8) is 0 Å². The lowest BCUT2D eigenvalue weighted by Gasteiger charge is -2.03. The van der Waals surface area contributed by atoms with Crippen LogP contribution in [0.15, 0.2) is 71.4 Å². The summed E-state index contributed by atoms with van der Waals surface area (Å²) in [6.45, 7) is -0.255. The molecular formula is C22H17FN4O3S. The zero-order valence-corrected chi connectivity index (χ0v) is 17.0. The number of aromatic nitrogens is 2. The molecule has 0 aliphatic rings. The summed E-state index contributed by atoms with van der Waals surface area (Å²) in [7, 11) is 0. The zero-order chi connectivity index (χ0) is 21.6. The van der Waals surface area contributed by atoms with E-state index >= 15 is 0 Å². The molecule has 0 aliphatic carbocycles. The predicted octanol–water partition coefficient (Wildman–Crippen LogP) is 3.90. The van der Waals surface area contributed by atoms with E-state index in [0.29, 0.717) is 22.9 Å². The number of hydrogen-bond acceptors (Lipinski definition) is 6. The summed E-state index contributed by atoms with van der Waals surface area (Å²) in [5.41, 5.74) is 1.42. The van der Waals surface area contributed by atoms with Crippen molar-refractivity contribution in [2.75, 3.05) is 11.9 Å². The molecule has 4 aromatic rings. The maximum Gasteiger partial charge on any atom is 0.273 e. The molecule has 156 valence electrons. The lowest BCUT2D eigenvalue weighted by atomic mass is 10.1.